The van der Waals surface area contributed by atoms with Gasteiger partial charge in [-0.2, -0.15) is 0 Å². The highest BCUT2D eigenvalue weighted by atomic mass is 35.5. The zero-order valence-corrected chi connectivity index (χ0v) is 16.5. The third kappa shape index (κ3) is 4.14. The number of thioether (sulfide) groups is 1. The van der Waals surface area contributed by atoms with Crippen LogP contribution in [0.2, 0.25) is 10.0 Å². The molecule has 0 aromatic heterocycles. The molecule has 3 nitrogen and oxygen atoms in total. The smallest absolute Gasteiger partial charge is 0.237 e. The second kappa shape index (κ2) is 8.00. The summed E-state index contributed by atoms with van der Waals surface area (Å²) in [7, 11) is 4.01. The molecular weight excluding hydrogens is 375 g/mol. The summed E-state index contributed by atoms with van der Waals surface area (Å²) in [6.45, 7) is 1.45. The minimum absolute atomic E-state index is 0.0179. The topological polar surface area (TPSA) is 23.6 Å². The van der Waals surface area contributed by atoms with E-state index < -0.39 is 0 Å². The maximum Gasteiger partial charge on any atom is 0.237 e. The van der Waals surface area contributed by atoms with Gasteiger partial charge in [-0.15, -0.1) is 11.8 Å². The maximum absolute atomic E-state index is 12.8. The molecule has 1 unspecified atom stereocenters. The molecule has 25 heavy (non-hydrogen) atoms. The van der Waals surface area contributed by atoms with Crippen molar-refractivity contribution in [2.24, 2.45) is 0 Å². The lowest BCUT2D eigenvalue weighted by atomic mass is 10.0. The molecule has 132 valence electrons. The molecule has 0 saturated heterocycles. The van der Waals surface area contributed by atoms with Gasteiger partial charge < -0.3 is 9.80 Å². The number of carbonyl (C=O) groups excluding carboxylic acids is 1. The van der Waals surface area contributed by atoms with Crippen LogP contribution >= 0.6 is 35.0 Å². The van der Waals surface area contributed by atoms with Crippen molar-refractivity contribution in [1.82, 2.24) is 4.90 Å². The zero-order valence-electron chi connectivity index (χ0n) is 14.2. The number of nitrogens with zero attached hydrogens (tertiary/aromatic N) is 2. The standard InChI is InChI=1S/C19H20Cl2N2OS/c1-22(2)9-10-23-17-8-7-13(20)11-15(17)19(25-12-18(23)24)14-5-3-4-6-16(14)21/h3-8,11,19H,9-10,12H2,1-2H3. The van der Waals surface area contributed by atoms with Crippen LogP contribution in [0, 0.1) is 0 Å². The maximum atomic E-state index is 12.8. The predicted molar refractivity (Wildman–Crippen MR) is 108 cm³/mol. The lowest BCUT2D eigenvalue weighted by molar-refractivity contribution is -0.116. The first-order valence-corrected chi connectivity index (χ1v) is 9.88. The van der Waals surface area contributed by atoms with E-state index in [9.17, 15) is 4.79 Å². The third-order valence-electron chi connectivity index (χ3n) is 4.20. The van der Waals surface area contributed by atoms with E-state index in [0.717, 1.165) is 23.4 Å². The Morgan fingerprint density at radius 3 is 2.64 bits per heavy atom. The molecule has 1 aliphatic heterocycles. The van der Waals surface area contributed by atoms with Crippen LogP contribution in [0.4, 0.5) is 5.69 Å². The van der Waals surface area contributed by atoms with E-state index in [-0.39, 0.29) is 11.2 Å². The zero-order chi connectivity index (χ0) is 18.0. The largest absolute Gasteiger partial charge is 0.310 e. The van der Waals surface area contributed by atoms with E-state index in [4.69, 9.17) is 23.2 Å². The Labute approximate surface area is 162 Å². The molecule has 0 spiro atoms. The molecule has 1 heterocycles. The fourth-order valence-electron chi connectivity index (χ4n) is 2.93. The highest BCUT2D eigenvalue weighted by Gasteiger charge is 2.30. The molecule has 6 heteroatoms. The van der Waals surface area contributed by atoms with Gasteiger partial charge in [0.05, 0.1) is 11.0 Å². The van der Waals surface area contributed by atoms with Crippen LogP contribution in [-0.2, 0) is 4.79 Å². The normalized spacial score (nSPS) is 17.6. The second-order valence-electron chi connectivity index (χ2n) is 6.26. The number of hydrogen-bond donors (Lipinski definition) is 0. The van der Waals surface area contributed by atoms with Crippen LogP contribution in [0.3, 0.4) is 0 Å². The molecule has 0 saturated carbocycles. The molecule has 2 aromatic carbocycles. The molecule has 0 N–H and O–H groups in total. The molecule has 3 rings (SSSR count). The lowest BCUT2D eigenvalue weighted by Gasteiger charge is -2.25. The van der Waals surface area contributed by atoms with Crippen LogP contribution in [0.1, 0.15) is 16.4 Å². The molecule has 2 aromatic rings. The minimum atomic E-state index is -0.0179. The van der Waals surface area contributed by atoms with Crippen molar-refractivity contribution >= 4 is 46.6 Å². The number of halogens is 2. The Morgan fingerprint density at radius 1 is 1.16 bits per heavy atom. The van der Waals surface area contributed by atoms with Crippen molar-refractivity contribution in [3.8, 4) is 0 Å². The average Bonchev–Trinajstić information content (AvgIpc) is 2.70. The molecule has 1 atom stereocenters. The van der Waals surface area contributed by atoms with Gasteiger partial charge in [0, 0.05) is 28.8 Å². The summed E-state index contributed by atoms with van der Waals surface area (Å²) in [4.78, 5) is 16.7. The fraction of sp³-hybridized carbons (Fsp3) is 0.316. The van der Waals surface area contributed by atoms with Gasteiger partial charge in [0.1, 0.15) is 0 Å². The van der Waals surface area contributed by atoms with Gasteiger partial charge in [-0.05, 0) is 49.5 Å². The van der Waals surface area contributed by atoms with E-state index in [1.54, 1.807) is 11.8 Å². The Hall–Kier alpha value is -1.20. The van der Waals surface area contributed by atoms with Crippen molar-refractivity contribution < 1.29 is 4.79 Å². The van der Waals surface area contributed by atoms with Crippen molar-refractivity contribution in [2.75, 3.05) is 37.8 Å². The Morgan fingerprint density at radius 2 is 1.92 bits per heavy atom. The number of benzene rings is 2. The van der Waals surface area contributed by atoms with Crippen molar-refractivity contribution in [2.45, 2.75) is 5.25 Å². The van der Waals surface area contributed by atoms with Crippen LogP contribution < -0.4 is 4.90 Å². The number of amides is 1. The average molecular weight is 395 g/mol. The summed E-state index contributed by atoms with van der Waals surface area (Å²) in [6, 6.07) is 13.5. The monoisotopic (exact) mass is 394 g/mol. The van der Waals surface area contributed by atoms with Crippen LogP contribution in [0.25, 0.3) is 0 Å². The minimum Gasteiger partial charge on any atom is -0.310 e. The molecular formula is C19H20Cl2N2OS. The number of carbonyl (C=O) groups is 1. The van der Waals surface area contributed by atoms with Gasteiger partial charge >= 0.3 is 0 Å². The number of rotatable bonds is 4. The highest BCUT2D eigenvalue weighted by Crippen LogP contribution is 2.45. The summed E-state index contributed by atoms with van der Waals surface area (Å²) in [6.07, 6.45) is 0. The number of fused-ring (bicyclic) bond motifs is 1. The summed E-state index contributed by atoms with van der Waals surface area (Å²) >= 11 is 14.3. The van der Waals surface area contributed by atoms with Gasteiger partial charge in [-0.25, -0.2) is 0 Å². The number of hydrogen-bond acceptors (Lipinski definition) is 3. The van der Waals surface area contributed by atoms with Crippen molar-refractivity contribution in [3.63, 3.8) is 0 Å². The highest BCUT2D eigenvalue weighted by molar-refractivity contribution is 8.00. The molecule has 1 amide bonds. The van der Waals surface area contributed by atoms with Gasteiger partial charge in [-0.3, -0.25) is 4.79 Å². The SMILES string of the molecule is CN(C)CCN1C(=O)CSC(c2ccccc2Cl)c2cc(Cl)ccc21. The summed E-state index contributed by atoms with van der Waals surface area (Å²) < 4.78 is 0. The molecule has 0 aliphatic carbocycles. The van der Waals surface area contributed by atoms with E-state index in [1.165, 1.54) is 0 Å². The van der Waals surface area contributed by atoms with Gasteiger partial charge in [-0.1, -0.05) is 41.4 Å². The Balaban J connectivity index is 2.08. The first-order valence-electron chi connectivity index (χ1n) is 8.08. The summed E-state index contributed by atoms with van der Waals surface area (Å²) in [5.74, 6) is 0.528. The fourth-order valence-corrected chi connectivity index (χ4v) is 4.64. The number of likely N-dealkylation sites (N-methyl/N-ethyl adjacent to an activating group) is 1. The molecule has 0 fully saturated rings. The summed E-state index contributed by atoms with van der Waals surface area (Å²) in [5, 5.41) is 1.36. The Kier molecular flexibility index (Phi) is 5.95. The quantitative estimate of drug-likeness (QED) is 0.748. The number of anilines is 1. The van der Waals surface area contributed by atoms with Crippen molar-refractivity contribution in [3.05, 3.63) is 63.6 Å². The third-order valence-corrected chi connectivity index (χ3v) is 6.03. The van der Waals surface area contributed by atoms with Gasteiger partial charge in [0.15, 0.2) is 0 Å². The van der Waals surface area contributed by atoms with E-state index in [1.807, 2.05) is 61.5 Å². The molecule has 1 aliphatic rings. The second-order valence-corrected chi connectivity index (χ2v) is 8.20. The lowest BCUT2D eigenvalue weighted by Crippen LogP contribution is -2.37. The van der Waals surface area contributed by atoms with Gasteiger partial charge in [0.25, 0.3) is 0 Å². The Bertz CT molecular complexity index is 782. The summed E-state index contributed by atoms with van der Waals surface area (Å²) in [5.41, 5.74) is 2.97. The first-order chi connectivity index (χ1) is 12.0. The first kappa shape index (κ1) is 18.6. The predicted octanol–water partition coefficient (Wildman–Crippen LogP) is 4.72. The molecule has 0 radical (unpaired) electrons. The van der Waals surface area contributed by atoms with Crippen LogP contribution in [0.15, 0.2) is 42.5 Å². The van der Waals surface area contributed by atoms with Gasteiger partial charge in [0.2, 0.25) is 5.91 Å². The van der Waals surface area contributed by atoms with E-state index in [2.05, 4.69) is 4.90 Å². The van der Waals surface area contributed by atoms with Crippen molar-refractivity contribution in [1.29, 1.82) is 0 Å². The van der Waals surface area contributed by atoms with Crippen LogP contribution in [-0.4, -0.2) is 43.7 Å². The van der Waals surface area contributed by atoms with E-state index >= 15 is 0 Å². The van der Waals surface area contributed by atoms with Crippen LogP contribution in [0.5, 0.6) is 0 Å². The molecule has 0 bridgehead atoms. The van der Waals surface area contributed by atoms with E-state index in [0.29, 0.717) is 22.3 Å².